The number of carbonyl (C=O) groups excluding carboxylic acids is 1. The van der Waals surface area contributed by atoms with Crippen LogP contribution in [0.15, 0.2) is 76.1 Å². The van der Waals surface area contributed by atoms with Crippen molar-refractivity contribution < 1.29 is 17.9 Å². The molecule has 0 N–H and O–H groups in total. The number of hydrogen-bond donors (Lipinski definition) is 0. The normalized spacial score (nSPS) is 11.5. The van der Waals surface area contributed by atoms with Crippen LogP contribution in [0.3, 0.4) is 0 Å². The lowest BCUT2D eigenvalue weighted by molar-refractivity contribution is -0.119. The summed E-state index contributed by atoms with van der Waals surface area (Å²) in [5.41, 5.74) is 3.37. The van der Waals surface area contributed by atoms with Gasteiger partial charge in [0, 0.05) is 0 Å². The first kappa shape index (κ1) is 25.0. The Kier molecular flexibility index (Phi) is 7.97. The fourth-order valence-electron chi connectivity index (χ4n) is 3.29. The van der Waals surface area contributed by atoms with E-state index >= 15 is 0 Å². The summed E-state index contributed by atoms with van der Waals surface area (Å²) >= 11 is 3.48. The number of sulfonamides is 1. The summed E-state index contributed by atoms with van der Waals surface area (Å²) in [5.74, 6) is 0.139. The van der Waals surface area contributed by atoms with Crippen molar-refractivity contribution in [2.24, 2.45) is 0 Å². The third-order valence-electron chi connectivity index (χ3n) is 5.34. The average Bonchev–Trinajstić information content (AvgIpc) is 2.79. The first-order valence-electron chi connectivity index (χ1n) is 10.8. The van der Waals surface area contributed by atoms with E-state index in [2.05, 4.69) is 29.8 Å². The van der Waals surface area contributed by atoms with Gasteiger partial charge in [-0.25, -0.2) is 8.42 Å². The minimum atomic E-state index is -4.13. The highest BCUT2D eigenvalue weighted by Crippen LogP contribution is 2.30. The maximum Gasteiger partial charge on any atom is 0.278 e. The van der Waals surface area contributed by atoms with Gasteiger partial charge in [-0.2, -0.15) is 4.31 Å². The summed E-state index contributed by atoms with van der Waals surface area (Å²) in [6.07, 6.45) is 0.808. The molecule has 0 aliphatic carbocycles. The van der Waals surface area contributed by atoms with Gasteiger partial charge >= 0.3 is 0 Å². The summed E-state index contributed by atoms with van der Waals surface area (Å²) in [7, 11) is -4.13. The van der Waals surface area contributed by atoms with Gasteiger partial charge in [0.15, 0.2) is 6.61 Å². The van der Waals surface area contributed by atoms with E-state index in [9.17, 15) is 13.2 Å². The van der Waals surface area contributed by atoms with Gasteiger partial charge in [-0.1, -0.05) is 56.7 Å². The van der Waals surface area contributed by atoms with E-state index in [-0.39, 0.29) is 10.6 Å². The summed E-state index contributed by atoms with van der Waals surface area (Å²) in [5, 5.41) is 0. The standard InChI is InChI=1S/C26H28BrNO4S/c1-5-20-8-11-22(12-9-20)28(33(30,31)23-13-6-19(4)7-14-23)26(29)17-32-25-15-10-21(18(2)3)16-24(25)27/h6-16,18H,5,17H2,1-4H3. The van der Waals surface area contributed by atoms with E-state index in [1.807, 2.05) is 38.1 Å². The van der Waals surface area contributed by atoms with Crippen LogP contribution in [0.5, 0.6) is 5.75 Å². The molecule has 0 heterocycles. The Bertz CT molecular complexity index is 1220. The van der Waals surface area contributed by atoms with Crippen molar-refractivity contribution in [3.63, 3.8) is 0 Å². The number of rotatable bonds is 8. The summed E-state index contributed by atoms with van der Waals surface area (Å²) in [6, 6.07) is 19.0. The Morgan fingerprint density at radius 1 is 1.00 bits per heavy atom. The quantitative estimate of drug-likeness (QED) is 0.346. The number of benzene rings is 3. The Hall–Kier alpha value is -2.64. The Labute approximate surface area is 204 Å². The molecule has 0 saturated carbocycles. The molecule has 5 nitrogen and oxygen atoms in total. The fraction of sp³-hybridized carbons (Fsp3) is 0.269. The van der Waals surface area contributed by atoms with Gasteiger partial charge in [0.25, 0.3) is 15.9 Å². The average molecular weight is 530 g/mol. The second-order valence-electron chi connectivity index (χ2n) is 8.13. The van der Waals surface area contributed by atoms with Gasteiger partial charge in [-0.05, 0) is 82.7 Å². The number of aryl methyl sites for hydroxylation is 2. The third-order valence-corrected chi connectivity index (χ3v) is 7.72. The lowest BCUT2D eigenvalue weighted by Crippen LogP contribution is -2.40. The maximum atomic E-state index is 13.5. The van der Waals surface area contributed by atoms with Crippen LogP contribution in [0.25, 0.3) is 0 Å². The molecule has 0 saturated heterocycles. The van der Waals surface area contributed by atoms with Crippen LogP contribution < -0.4 is 9.04 Å². The minimum absolute atomic E-state index is 0.0449. The Morgan fingerprint density at radius 3 is 2.18 bits per heavy atom. The monoisotopic (exact) mass is 529 g/mol. The molecule has 0 aliphatic heterocycles. The molecular formula is C26H28BrNO4S. The number of nitrogens with zero attached hydrogens (tertiary/aromatic N) is 1. The molecule has 7 heteroatoms. The minimum Gasteiger partial charge on any atom is -0.483 e. The molecule has 0 aliphatic rings. The summed E-state index contributed by atoms with van der Waals surface area (Å²) < 4.78 is 34.2. The smallest absolute Gasteiger partial charge is 0.278 e. The molecular weight excluding hydrogens is 502 g/mol. The molecule has 3 aromatic rings. The van der Waals surface area contributed by atoms with E-state index in [4.69, 9.17) is 4.74 Å². The van der Waals surface area contributed by atoms with Gasteiger partial charge < -0.3 is 4.74 Å². The zero-order chi connectivity index (χ0) is 24.2. The Balaban J connectivity index is 1.93. The molecule has 3 rings (SSSR count). The predicted molar refractivity (Wildman–Crippen MR) is 135 cm³/mol. The van der Waals surface area contributed by atoms with Crippen LogP contribution in [0.2, 0.25) is 0 Å². The highest BCUT2D eigenvalue weighted by molar-refractivity contribution is 9.10. The van der Waals surface area contributed by atoms with Gasteiger partial charge in [0.1, 0.15) is 5.75 Å². The Morgan fingerprint density at radius 2 is 1.64 bits per heavy atom. The van der Waals surface area contributed by atoms with E-state index in [1.165, 1.54) is 12.1 Å². The summed E-state index contributed by atoms with van der Waals surface area (Å²) in [6.45, 7) is 7.63. The second-order valence-corrected chi connectivity index (χ2v) is 10.8. The van der Waals surface area contributed by atoms with Crippen molar-refractivity contribution in [1.82, 2.24) is 0 Å². The second kappa shape index (κ2) is 10.5. The molecule has 174 valence electrons. The van der Waals surface area contributed by atoms with E-state index in [1.54, 1.807) is 30.3 Å². The van der Waals surface area contributed by atoms with Gasteiger partial charge in [0.2, 0.25) is 0 Å². The van der Waals surface area contributed by atoms with Crippen LogP contribution >= 0.6 is 15.9 Å². The van der Waals surface area contributed by atoms with Crippen LogP contribution in [0, 0.1) is 6.92 Å². The van der Waals surface area contributed by atoms with Crippen molar-refractivity contribution in [3.05, 3.63) is 87.9 Å². The number of hydrogen-bond acceptors (Lipinski definition) is 4. The maximum absolute atomic E-state index is 13.5. The lowest BCUT2D eigenvalue weighted by Gasteiger charge is -2.23. The number of halogens is 1. The molecule has 0 atom stereocenters. The molecule has 33 heavy (non-hydrogen) atoms. The predicted octanol–water partition coefficient (Wildman–Crippen LogP) is 6.24. The third kappa shape index (κ3) is 5.84. The van der Waals surface area contributed by atoms with Crippen molar-refractivity contribution in [2.75, 3.05) is 10.9 Å². The van der Waals surface area contributed by atoms with E-state index < -0.39 is 22.5 Å². The first-order chi connectivity index (χ1) is 15.6. The topological polar surface area (TPSA) is 63.7 Å². The molecule has 3 aromatic carbocycles. The number of amides is 1. The SMILES string of the molecule is CCc1ccc(N(C(=O)COc2ccc(C(C)C)cc2Br)S(=O)(=O)c2ccc(C)cc2)cc1. The van der Waals surface area contributed by atoms with Crippen molar-refractivity contribution >= 4 is 37.5 Å². The molecule has 0 aromatic heterocycles. The molecule has 0 radical (unpaired) electrons. The molecule has 1 amide bonds. The largest absolute Gasteiger partial charge is 0.483 e. The van der Waals surface area contributed by atoms with Crippen molar-refractivity contribution in [3.8, 4) is 5.75 Å². The first-order valence-corrected chi connectivity index (χ1v) is 13.0. The van der Waals surface area contributed by atoms with Gasteiger partial charge in [-0.3, -0.25) is 4.79 Å². The lowest BCUT2D eigenvalue weighted by atomic mass is 10.0. The molecule has 0 spiro atoms. The molecule has 0 bridgehead atoms. The van der Waals surface area contributed by atoms with E-state index in [0.717, 1.165) is 27.4 Å². The van der Waals surface area contributed by atoms with Crippen molar-refractivity contribution in [1.29, 1.82) is 0 Å². The van der Waals surface area contributed by atoms with Gasteiger partial charge in [-0.15, -0.1) is 0 Å². The molecule has 0 fully saturated rings. The highest BCUT2D eigenvalue weighted by Gasteiger charge is 2.31. The van der Waals surface area contributed by atoms with Crippen LogP contribution in [-0.2, 0) is 21.2 Å². The van der Waals surface area contributed by atoms with Crippen LogP contribution in [-0.4, -0.2) is 20.9 Å². The zero-order valence-electron chi connectivity index (χ0n) is 19.2. The van der Waals surface area contributed by atoms with Crippen molar-refractivity contribution in [2.45, 2.75) is 44.9 Å². The zero-order valence-corrected chi connectivity index (χ0v) is 21.6. The number of anilines is 1. The number of ether oxygens (including phenoxy) is 1. The highest BCUT2D eigenvalue weighted by atomic mass is 79.9. The summed E-state index contributed by atoms with van der Waals surface area (Å²) in [4.78, 5) is 13.3. The number of carbonyl (C=O) groups is 1. The van der Waals surface area contributed by atoms with E-state index in [0.29, 0.717) is 16.1 Å². The van der Waals surface area contributed by atoms with Gasteiger partial charge in [0.05, 0.1) is 15.1 Å². The van der Waals surface area contributed by atoms with Crippen LogP contribution in [0.1, 0.15) is 43.4 Å². The van der Waals surface area contributed by atoms with Crippen LogP contribution in [0.4, 0.5) is 5.69 Å². The molecule has 0 unspecified atom stereocenters. The fourth-order valence-corrected chi connectivity index (χ4v) is 5.21.